The number of hydrogen-bond acceptors (Lipinski definition) is 2. The van der Waals surface area contributed by atoms with Gasteiger partial charge in [0.1, 0.15) is 0 Å². The van der Waals surface area contributed by atoms with Gasteiger partial charge in [0.15, 0.2) is 0 Å². The molecule has 0 spiro atoms. The van der Waals surface area contributed by atoms with Gasteiger partial charge in [-0.3, -0.25) is 0 Å². The molecule has 85 heavy (non-hydrogen) atoms. The second-order valence-electron chi connectivity index (χ2n) is 26.6. The van der Waals surface area contributed by atoms with Crippen LogP contribution in [-0.4, -0.2) is 6.71 Å². The molecule has 0 atom stereocenters. The molecule has 12 rings (SSSR count). The highest BCUT2D eigenvalue weighted by atomic mass is 15.2. The molecule has 10 aromatic carbocycles. The summed E-state index contributed by atoms with van der Waals surface area (Å²) in [6.07, 6.45) is 0. The fraction of sp³-hybridized carbons (Fsp3) is 0.268. The summed E-state index contributed by atoms with van der Waals surface area (Å²) in [6.45, 7) is 37.1. The molecule has 3 heteroatoms. The normalized spacial score (nSPS) is 12.8. The minimum absolute atomic E-state index is 0.0947. The lowest BCUT2D eigenvalue weighted by atomic mass is 9.33. The molecule has 426 valence electrons. The van der Waals surface area contributed by atoms with Crippen LogP contribution in [0, 0.1) is 27.7 Å². The maximum atomic E-state index is 2.60. The molecule has 0 aromatic heterocycles. The van der Waals surface area contributed by atoms with Crippen molar-refractivity contribution in [3.8, 4) is 55.6 Å². The summed E-state index contributed by atoms with van der Waals surface area (Å²) in [7, 11) is 0. The summed E-state index contributed by atoms with van der Waals surface area (Å²) in [5.74, 6) is 2.40. The average molecular weight is 1110 g/mol. The van der Waals surface area contributed by atoms with Crippen molar-refractivity contribution in [2.75, 3.05) is 9.80 Å². The van der Waals surface area contributed by atoms with Gasteiger partial charge in [0.25, 0.3) is 6.71 Å². The van der Waals surface area contributed by atoms with Crippen molar-refractivity contribution in [3.63, 3.8) is 0 Å². The lowest BCUT2D eigenvalue weighted by molar-refractivity contribution is 0.807. The van der Waals surface area contributed by atoms with Crippen molar-refractivity contribution in [3.05, 3.63) is 244 Å². The van der Waals surface area contributed by atoms with Crippen LogP contribution in [0.15, 0.2) is 188 Å². The van der Waals surface area contributed by atoms with E-state index in [4.69, 9.17) is 0 Å². The Hall–Kier alpha value is -8.14. The monoisotopic (exact) mass is 1110 g/mol. The topological polar surface area (TPSA) is 6.48 Å². The van der Waals surface area contributed by atoms with Crippen LogP contribution in [0.1, 0.15) is 174 Å². The number of fused-ring (bicyclic) bond motifs is 4. The molecular formula is C82H85BN2. The Kier molecular flexibility index (Phi) is 15.3. The van der Waals surface area contributed by atoms with Crippen LogP contribution in [0.25, 0.3) is 55.6 Å². The van der Waals surface area contributed by atoms with Crippen molar-refractivity contribution in [2.45, 2.75) is 146 Å². The zero-order valence-electron chi connectivity index (χ0n) is 53.3. The molecular weight excluding hydrogens is 1020 g/mol. The van der Waals surface area contributed by atoms with Crippen molar-refractivity contribution in [2.24, 2.45) is 0 Å². The highest BCUT2D eigenvalue weighted by Gasteiger charge is 2.44. The third-order valence-electron chi connectivity index (χ3n) is 18.8. The highest BCUT2D eigenvalue weighted by Crippen LogP contribution is 2.49. The second kappa shape index (κ2) is 22.7. The van der Waals surface area contributed by atoms with Crippen LogP contribution in [-0.2, 0) is 0 Å². The molecule has 0 unspecified atom stereocenters. The van der Waals surface area contributed by atoms with Gasteiger partial charge in [-0.2, -0.15) is 0 Å². The van der Waals surface area contributed by atoms with Crippen molar-refractivity contribution in [1.82, 2.24) is 0 Å². The number of hydrogen-bond donors (Lipinski definition) is 0. The van der Waals surface area contributed by atoms with Crippen LogP contribution in [0.4, 0.5) is 34.1 Å². The van der Waals surface area contributed by atoms with E-state index in [-0.39, 0.29) is 6.71 Å². The Morgan fingerprint density at radius 2 is 0.612 bits per heavy atom. The number of anilines is 6. The van der Waals surface area contributed by atoms with Crippen LogP contribution in [0.2, 0.25) is 0 Å². The standard InChI is InChI=1S/C82H85BN2/c1-48(2)63-40-68(50(5)6)80(69(41-63)51(7)8)59-28-34-66(35-29-59)84-74-38-32-61(78-54(13)22-20-23-55(78)14)44-72(74)83-73-45-62(79-56(15)24-21-25-57(79)16)33-39-75(73)85(77-47-65(46-76(84)82(77)83)58-26-18-17-19-27-58)67-36-30-60(31-37-67)81-70(52(9)10)42-64(49(3)4)43-71(81)53(11)12/h17-53H,1-16H3. The van der Waals surface area contributed by atoms with E-state index >= 15 is 0 Å². The molecule has 2 aliphatic rings. The van der Waals surface area contributed by atoms with Crippen LogP contribution >= 0.6 is 0 Å². The fourth-order valence-corrected chi connectivity index (χ4v) is 14.3. The lowest BCUT2D eigenvalue weighted by Crippen LogP contribution is -2.61. The molecule has 0 saturated carbocycles. The first kappa shape index (κ1) is 57.3. The van der Waals surface area contributed by atoms with Gasteiger partial charge in [-0.1, -0.05) is 223 Å². The summed E-state index contributed by atoms with van der Waals surface area (Å²) in [5, 5.41) is 0. The van der Waals surface area contributed by atoms with Gasteiger partial charge < -0.3 is 9.80 Å². The maximum Gasteiger partial charge on any atom is 0.252 e. The van der Waals surface area contributed by atoms with E-state index in [0.717, 1.165) is 11.4 Å². The first-order valence-electron chi connectivity index (χ1n) is 31.6. The Bertz CT molecular complexity index is 3830. The molecule has 0 radical (unpaired) electrons. The molecule has 0 aliphatic carbocycles. The van der Waals surface area contributed by atoms with E-state index in [1.54, 1.807) is 0 Å². The van der Waals surface area contributed by atoms with Crippen LogP contribution in [0.5, 0.6) is 0 Å². The molecule has 0 N–H and O–H groups in total. The quantitative estimate of drug-likeness (QED) is 0.106. The predicted octanol–water partition coefficient (Wildman–Crippen LogP) is 22.1. The number of nitrogens with zero attached hydrogens (tertiary/aromatic N) is 2. The van der Waals surface area contributed by atoms with Gasteiger partial charge in [-0.15, -0.1) is 0 Å². The van der Waals surface area contributed by atoms with Crippen molar-refractivity contribution >= 4 is 57.2 Å². The van der Waals surface area contributed by atoms with Gasteiger partial charge in [-0.05, 0) is 239 Å². The SMILES string of the molecule is Cc1cccc(C)c1-c1ccc2c(c1)B1c3cc(-c4c(C)cccc4C)ccc3N(c3ccc(-c4c(C(C)C)cc(C(C)C)cc4C(C)C)cc3)c3cc(-c4ccccc4)cc(c31)N2c1ccc(-c2c(C(C)C)cc(C(C)C)cc2C(C)C)cc1. The summed E-state index contributed by atoms with van der Waals surface area (Å²) >= 11 is 0. The lowest BCUT2D eigenvalue weighted by Gasteiger charge is -2.45. The Morgan fingerprint density at radius 3 is 0.941 bits per heavy atom. The summed E-state index contributed by atoms with van der Waals surface area (Å²) in [6, 6.07) is 73.5. The van der Waals surface area contributed by atoms with Gasteiger partial charge >= 0.3 is 0 Å². The average Bonchev–Trinajstić information content (AvgIpc) is 0.792. The Labute approximate surface area is 509 Å². The smallest absolute Gasteiger partial charge is 0.252 e. The molecule has 0 saturated heterocycles. The van der Waals surface area contributed by atoms with E-state index in [1.807, 2.05) is 0 Å². The maximum absolute atomic E-state index is 2.60. The number of benzene rings is 10. The van der Waals surface area contributed by atoms with E-state index in [9.17, 15) is 0 Å². The number of rotatable bonds is 13. The van der Waals surface area contributed by atoms with Gasteiger partial charge in [0.05, 0.1) is 0 Å². The minimum Gasteiger partial charge on any atom is -0.311 e. The third kappa shape index (κ3) is 10.2. The molecule has 0 bridgehead atoms. The molecule has 0 amide bonds. The van der Waals surface area contributed by atoms with Crippen LogP contribution in [0.3, 0.4) is 0 Å². The highest BCUT2D eigenvalue weighted by molar-refractivity contribution is 7.00. The van der Waals surface area contributed by atoms with Crippen molar-refractivity contribution in [1.29, 1.82) is 0 Å². The first-order chi connectivity index (χ1) is 40.8. The second-order valence-corrected chi connectivity index (χ2v) is 26.6. The van der Waals surface area contributed by atoms with E-state index < -0.39 is 0 Å². The largest absolute Gasteiger partial charge is 0.311 e. The Morgan fingerprint density at radius 1 is 0.271 bits per heavy atom. The van der Waals surface area contributed by atoms with Crippen molar-refractivity contribution < 1.29 is 0 Å². The number of aryl methyl sites for hydroxylation is 4. The molecule has 10 aromatic rings. The summed E-state index contributed by atoms with van der Waals surface area (Å²) in [5.41, 5.74) is 37.5. The molecule has 0 fully saturated rings. The van der Waals surface area contributed by atoms with Gasteiger partial charge in [0.2, 0.25) is 0 Å². The summed E-state index contributed by atoms with van der Waals surface area (Å²) in [4.78, 5) is 5.21. The zero-order valence-corrected chi connectivity index (χ0v) is 53.3. The molecule has 2 nitrogen and oxygen atoms in total. The van der Waals surface area contributed by atoms with Crippen LogP contribution < -0.4 is 26.2 Å². The Balaban J connectivity index is 1.15. The third-order valence-corrected chi connectivity index (χ3v) is 18.8. The fourth-order valence-electron chi connectivity index (χ4n) is 14.3. The minimum atomic E-state index is -0.0947. The zero-order chi connectivity index (χ0) is 59.9. The summed E-state index contributed by atoms with van der Waals surface area (Å²) < 4.78 is 0. The molecule has 2 heterocycles. The molecule has 2 aliphatic heterocycles. The van der Waals surface area contributed by atoms with E-state index in [1.165, 1.54) is 150 Å². The first-order valence-corrected chi connectivity index (χ1v) is 31.6. The van der Waals surface area contributed by atoms with Gasteiger partial charge in [0, 0.05) is 34.1 Å². The van der Waals surface area contributed by atoms with E-state index in [2.05, 4.69) is 309 Å². The predicted molar refractivity (Wildman–Crippen MR) is 371 cm³/mol. The van der Waals surface area contributed by atoms with E-state index in [0.29, 0.717) is 35.5 Å². The van der Waals surface area contributed by atoms with Gasteiger partial charge in [-0.25, -0.2) is 0 Å².